The molecule has 0 N–H and O–H groups in total. The van der Waals surface area contributed by atoms with E-state index in [1.165, 1.54) is 86.5 Å². The third-order valence-electron chi connectivity index (χ3n) is 4.41. The Morgan fingerprint density at radius 2 is 1.00 bits per heavy atom. The monoisotopic (exact) mass is 767 g/mol. The van der Waals surface area contributed by atoms with E-state index in [0.717, 1.165) is 5.57 Å². The van der Waals surface area contributed by atoms with Gasteiger partial charge in [-0.3, -0.25) is 0 Å². The fraction of sp³-hybridized carbons (Fsp3) is 0.702. The molecule has 0 bridgehead atoms. The maximum Gasteiger partial charge on any atom is 0.157 e. The highest BCUT2D eigenvalue weighted by molar-refractivity contribution is 8.02. The van der Waals surface area contributed by atoms with Gasteiger partial charge in [-0.25, -0.2) is 4.39 Å². The number of halogens is 2. The van der Waals surface area contributed by atoms with Crippen LogP contribution in [0.15, 0.2) is 82.3 Å². The molecule has 0 aromatic carbocycles. The van der Waals surface area contributed by atoms with Crippen LogP contribution in [-0.4, -0.2) is 19.7 Å². The quantitative estimate of drug-likeness (QED) is 0.0948. The number of hydrogen-bond donors (Lipinski definition) is 0. The summed E-state index contributed by atoms with van der Waals surface area (Å²) in [4.78, 5) is 1.43. The molecule has 0 rings (SSSR count). The molecule has 0 aromatic heterocycles. The number of rotatable bonds is 10. The highest BCUT2D eigenvalue weighted by Crippen LogP contribution is 2.21. The summed E-state index contributed by atoms with van der Waals surface area (Å²) in [7, 11) is 1.41. The predicted octanol–water partition coefficient (Wildman–Crippen LogP) is 19.9. The van der Waals surface area contributed by atoms with E-state index in [4.69, 9.17) is 4.74 Å². The van der Waals surface area contributed by atoms with Crippen LogP contribution in [0.5, 0.6) is 0 Å². The summed E-state index contributed by atoms with van der Waals surface area (Å²) in [5, 5.41) is 0. The molecule has 0 aliphatic heterocycles. The lowest BCUT2D eigenvalue weighted by molar-refractivity contribution is 0.284. The van der Waals surface area contributed by atoms with E-state index < -0.39 is 5.83 Å². The van der Waals surface area contributed by atoms with E-state index in [1.54, 1.807) is 12.2 Å². The molecule has 51 heavy (non-hydrogen) atoms. The van der Waals surface area contributed by atoms with Crippen molar-refractivity contribution < 1.29 is 9.13 Å². The van der Waals surface area contributed by atoms with Gasteiger partial charge in [0.15, 0.2) is 11.6 Å². The number of hydrogen-bond acceptors (Lipinski definition) is 2. The van der Waals surface area contributed by atoms with Gasteiger partial charge in [-0.05, 0) is 91.0 Å². The minimum atomic E-state index is -0.551. The molecule has 0 aromatic rings. The van der Waals surface area contributed by atoms with Gasteiger partial charge >= 0.3 is 0 Å². The van der Waals surface area contributed by atoms with Crippen LogP contribution in [-0.2, 0) is 4.74 Å². The average molecular weight is 768 g/mol. The van der Waals surface area contributed by atoms with E-state index in [9.17, 15) is 4.39 Å². The molecule has 0 fully saturated rings. The largest absolute Gasteiger partial charge is 0.494 e. The van der Waals surface area contributed by atoms with Gasteiger partial charge in [0.25, 0.3) is 0 Å². The van der Waals surface area contributed by atoms with Crippen LogP contribution in [0.3, 0.4) is 0 Å². The summed E-state index contributed by atoms with van der Waals surface area (Å²) in [6, 6.07) is 0. The molecule has 0 spiro atoms. The molecule has 314 valence electrons. The fourth-order valence-electron chi connectivity index (χ4n) is 1.79. The van der Waals surface area contributed by atoms with Crippen LogP contribution in [0.25, 0.3) is 0 Å². The first kappa shape index (κ1) is 78.6. The minimum Gasteiger partial charge on any atom is -0.494 e. The first-order chi connectivity index (χ1) is 24.1. The van der Waals surface area contributed by atoms with Gasteiger partial charge in [0, 0.05) is 6.38 Å². The Morgan fingerprint density at radius 1 is 0.667 bits per heavy atom. The van der Waals surface area contributed by atoms with Crippen LogP contribution >= 0.6 is 23.4 Å². The summed E-state index contributed by atoms with van der Waals surface area (Å²) in [5.41, 5.74) is 5.13. The van der Waals surface area contributed by atoms with Gasteiger partial charge in [0.2, 0.25) is 0 Å². The van der Waals surface area contributed by atoms with Crippen molar-refractivity contribution in [1.82, 2.24) is 0 Å². The Balaban J connectivity index is -0.0000000416. The number of methoxy groups -OCH3 is 1. The molecular weight excluding hydrogens is 667 g/mol. The van der Waals surface area contributed by atoms with Crippen LogP contribution in [0.1, 0.15) is 204 Å². The maximum atomic E-state index is 12.4. The standard InChI is InChI=1S/C11H20S.C9H13FO.C6H12.C4H8.C4H10.2C3H8.3C2H6.CH3Cl/c1-6-7-8-9(2)10(3)11(4)12-5;1-7(2)5-6-9(11-4)8(3)10;1-3-5-6-4-2;1-4(2)3;1-3-4-2;2*1-3-2;4*1-2/h8H,6-7H2,1-5H3;5-6H,3H2,1-2,4H3;3,5H,4,6H2,1-2H3;1H2,2-3H3;3-4H2,1-2H3;2*3H2,1-2H3;3*1-2H3;1H3/b9-8+,11-10-;9-6+;5-3-;;;;;;;;. The van der Waals surface area contributed by atoms with E-state index in [-0.39, 0.29) is 5.76 Å². The van der Waals surface area contributed by atoms with Crippen molar-refractivity contribution in [2.45, 2.75) is 204 Å². The van der Waals surface area contributed by atoms with Crippen molar-refractivity contribution in [1.29, 1.82) is 0 Å². The van der Waals surface area contributed by atoms with E-state index >= 15 is 0 Å². The molecule has 0 unspecified atom stereocenters. The summed E-state index contributed by atoms with van der Waals surface area (Å²) in [6.07, 6.45) is 23.6. The lowest BCUT2D eigenvalue weighted by Crippen LogP contribution is -1.84. The van der Waals surface area contributed by atoms with Gasteiger partial charge in [-0.1, -0.05) is 183 Å². The molecule has 0 amide bonds. The first-order valence-corrected chi connectivity index (χ1v) is 21.8. The second kappa shape index (κ2) is 92.0. The van der Waals surface area contributed by atoms with Crippen molar-refractivity contribution in [2.24, 2.45) is 0 Å². The Morgan fingerprint density at radius 3 is 1.18 bits per heavy atom. The zero-order chi connectivity index (χ0) is 43.6. The summed E-state index contributed by atoms with van der Waals surface area (Å²) >= 11 is 6.47. The van der Waals surface area contributed by atoms with Gasteiger partial charge in [0.1, 0.15) is 0 Å². The number of alkyl halides is 1. The van der Waals surface area contributed by atoms with E-state index in [2.05, 4.69) is 132 Å². The maximum absolute atomic E-state index is 12.4. The Labute approximate surface area is 336 Å². The number of thioether (sulfide) groups is 1. The zero-order valence-electron chi connectivity index (χ0n) is 40.0. The van der Waals surface area contributed by atoms with Gasteiger partial charge < -0.3 is 4.74 Å². The number of ether oxygens (including phenoxy) is 1. The summed E-state index contributed by atoms with van der Waals surface area (Å²) in [6.45, 7) is 52.3. The molecule has 0 saturated carbocycles. The Hall–Kier alpha value is -1.45. The highest BCUT2D eigenvalue weighted by atomic mass is 35.5. The predicted molar refractivity (Wildman–Crippen MR) is 254 cm³/mol. The van der Waals surface area contributed by atoms with Crippen LogP contribution in [0, 0.1) is 0 Å². The van der Waals surface area contributed by atoms with E-state index in [1.807, 2.05) is 81.0 Å². The third-order valence-corrected chi connectivity index (χ3v) is 5.33. The van der Waals surface area contributed by atoms with Gasteiger partial charge in [-0.2, -0.15) is 0 Å². The van der Waals surface area contributed by atoms with Crippen LogP contribution < -0.4 is 0 Å². The number of unbranched alkanes of at least 4 members (excludes halogenated alkanes) is 3. The Kier molecular flexibility index (Phi) is 142. The topological polar surface area (TPSA) is 9.23 Å². The van der Waals surface area contributed by atoms with Crippen LogP contribution in [0.2, 0.25) is 0 Å². The average Bonchev–Trinajstić information content (AvgIpc) is 3.13. The summed E-state index contributed by atoms with van der Waals surface area (Å²) in [5.74, 6) is -0.379. The minimum absolute atomic E-state index is 0.172. The van der Waals surface area contributed by atoms with Crippen molar-refractivity contribution in [3.63, 3.8) is 0 Å². The number of allylic oxidation sites excluding steroid dienone is 11. The molecule has 0 saturated heterocycles. The van der Waals surface area contributed by atoms with Gasteiger partial charge in [-0.15, -0.1) is 29.9 Å². The fourth-order valence-corrected chi connectivity index (χ4v) is 2.26. The van der Waals surface area contributed by atoms with Gasteiger partial charge in [0.05, 0.1) is 7.11 Å². The molecule has 0 radical (unpaired) electrons. The molecule has 1 nitrogen and oxygen atoms in total. The first-order valence-electron chi connectivity index (χ1n) is 19.8. The molecule has 0 heterocycles. The third kappa shape index (κ3) is 139. The zero-order valence-corrected chi connectivity index (χ0v) is 41.6. The van der Waals surface area contributed by atoms with Crippen molar-refractivity contribution in [2.75, 3.05) is 19.7 Å². The Bertz CT molecular complexity index is 717. The molecule has 0 aliphatic carbocycles. The molecule has 0 atom stereocenters. The lowest BCUT2D eigenvalue weighted by Gasteiger charge is -2.05. The summed E-state index contributed by atoms with van der Waals surface area (Å²) < 4.78 is 17.1. The second-order valence-corrected chi connectivity index (χ2v) is 11.4. The molecular formula is C47H100ClFOS. The van der Waals surface area contributed by atoms with Crippen molar-refractivity contribution >= 4 is 23.4 Å². The van der Waals surface area contributed by atoms with Crippen molar-refractivity contribution in [3.8, 4) is 0 Å². The lowest BCUT2D eigenvalue weighted by atomic mass is 10.1. The SMILES string of the molecule is C/C=C\CCC.C=C(C)C.C=C(F)/C(=C\C=C(C)C)OC.CC.CC.CC.CCC.CCC.CCC/C=C(C)/C(C)=C(/C)SC.CCCC.CCl. The molecule has 0 aliphatic rings. The molecule has 4 heteroatoms. The van der Waals surface area contributed by atoms with E-state index in [0.29, 0.717) is 0 Å². The van der Waals surface area contributed by atoms with Crippen LogP contribution in [0.4, 0.5) is 4.39 Å². The highest BCUT2D eigenvalue weighted by Gasteiger charge is 1.97. The normalized spacial score (nSPS) is 9.24. The smallest absolute Gasteiger partial charge is 0.157 e. The second-order valence-electron chi connectivity index (χ2n) is 10.4. The van der Waals surface area contributed by atoms with Crippen molar-refractivity contribution in [3.05, 3.63) is 82.3 Å².